The van der Waals surface area contributed by atoms with Gasteiger partial charge < -0.3 is 14.6 Å². The summed E-state index contributed by atoms with van der Waals surface area (Å²) in [5.74, 6) is -0.265. The van der Waals surface area contributed by atoms with Crippen molar-refractivity contribution in [3.8, 4) is 11.4 Å². The molecule has 3 aromatic rings. The van der Waals surface area contributed by atoms with E-state index in [0.717, 1.165) is 11.1 Å². The van der Waals surface area contributed by atoms with Crippen LogP contribution >= 0.6 is 11.3 Å². The zero-order valence-corrected chi connectivity index (χ0v) is 14.2. The minimum absolute atomic E-state index is 0.146. The van der Waals surface area contributed by atoms with Crippen LogP contribution in [0.4, 0.5) is 0 Å². The Labute approximate surface area is 147 Å². The van der Waals surface area contributed by atoms with Crippen molar-refractivity contribution in [2.45, 2.75) is 13.5 Å². The number of hydrogen-bond acceptors (Lipinski definition) is 7. The summed E-state index contributed by atoms with van der Waals surface area (Å²) < 4.78 is 10.1. The van der Waals surface area contributed by atoms with Crippen LogP contribution in [0.5, 0.6) is 0 Å². The van der Waals surface area contributed by atoms with Gasteiger partial charge in [0, 0.05) is 5.56 Å². The van der Waals surface area contributed by atoms with Crippen LogP contribution in [0.3, 0.4) is 0 Å². The fraction of sp³-hybridized carbons (Fsp3) is 0.176. The second-order valence-electron chi connectivity index (χ2n) is 5.15. The summed E-state index contributed by atoms with van der Waals surface area (Å²) in [5.41, 5.74) is 1.87. The predicted molar refractivity (Wildman–Crippen MR) is 90.9 cm³/mol. The Morgan fingerprint density at radius 2 is 2.08 bits per heavy atom. The molecule has 7 nitrogen and oxygen atoms in total. The highest BCUT2D eigenvalue weighted by Crippen LogP contribution is 2.19. The topological polar surface area (TPSA) is 94.3 Å². The Bertz CT molecular complexity index is 874. The number of nitrogens with zero attached hydrogens (tertiary/aromatic N) is 2. The van der Waals surface area contributed by atoms with E-state index >= 15 is 0 Å². The second-order valence-corrected chi connectivity index (χ2v) is 6.10. The highest BCUT2D eigenvalue weighted by molar-refractivity contribution is 7.12. The minimum atomic E-state index is -0.583. The Morgan fingerprint density at radius 3 is 2.84 bits per heavy atom. The zero-order chi connectivity index (χ0) is 17.6. The summed E-state index contributed by atoms with van der Waals surface area (Å²) in [5, 5.41) is 8.16. The van der Waals surface area contributed by atoms with Gasteiger partial charge in [0.15, 0.2) is 6.61 Å². The Kier molecular flexibility index (Phi) is 5.20. The van der Waals surface area contributed by atoms with E-state index in [9.17, 15) is 9.59 Å². The number of aromatic nitrogens is 2. The van der Waals surface area contributed by atoms with Gasteiger partial charge >= 0.3 is 5.97 Å². The predicted octanol–water partition coefficient (Wildman–Crippen LogP) is 2.58. The summed E-state index contributed by atoms with van der Waals surface area (Å²) in [6, 6.07) is 11.1. The molecule has 0 saturated heterocycles. The molecular weight excluding hydrogens is 342 g/mol. The number of rotatable bonds is 6. The van der Waals surface area contributed by atoms with E-state index in [0.29, 0.717) is 10.7 Å². The lowest BCUT2D eigenvalue weighted by Crippen LogP contribution is -2.30. The maximum atomic E-state index is 11.7. The number of nitrogens with one attached hydrogen (secondary N) is 1. The van der Waals surface area contributed by atoms with E-state index in [1.165, 1.54) is 11.3 Å². The number of hydrogen-bond donors (Lipinski definition) is 1. The van der Waals surface area contributed by atoms with E-state index in [1.54, 1.807) is 17.5 Å². The van der Waals surface area contributed by atoms with Gasteiger partial charge in [-0.05, 0) is 23.9 Å². The van der Waals surface area contributed by atoms with Crippen molar-refractivity contribution in [3.05, 3.63) is 58.1 Å². The van der Waals surface area contributed by atoms with Crippen molar-refractivity contribution in [1.82, 2.24) is 15.5 Å². The molecule has 2 aromatic heterocycles. The molecule has 0 bridgehead atoms. The second kappa shape index (κ2) is 7.71. The van der Waals surface area contributed by atoms with Crippen LogP contribution in [-0.4, -0.2) is 28.6 Å². The average molecular weight is 357 g/mol. The van der Waals surface area contributed by atoms with Gasteiger partial charge in [0.1, 0.15) is 6.54 Å². The molecule has 0 aliphatic carbocycles. The maximum Gasteiger partial charge on any atom is 0.325 e. The molecule has 0 radical (unpaired) electrons. The van der Waals surface area contributed by atoms with Crippen molar-refractivity contribution in [2.24, 2.45) is 0 Å². The van der Waals surface area contributed by atoms with Crippen molar-refractivity contribution in [1.29, 1.82) is 0 Å². The first-order valence-corrected chi connectivity index (χ1v) is 8.37. The number of esters is 1. The van der Waals surface area contributed by atoms with Gasteiger partial charge in [-0.2, -0.15) is 4.98 Å². The van der Waals surface area contributed by atoms with Gasteiger partial charge in [0.25, 0.3) is 11.8 Å². The summed E-state index contributed by atoms with van der Waals surface area (Å²) in [6.07, 6.45) is 0. The van der Waals surface area contributed by atoms with Gasteiger partial charge in [-0.15, -0.1) is 11.3 Å². The Morgan fingerprint density at radius 1 is 1.24 bits per heavy atom. The lowest BCUT2D eigenvalue weighted by atomic mass is 10.1. The molecular formula is C17H15N3O4S. The summed E-state index contributed by atoms with van der Waals surface area (Å²) in [4.78, 5) is 28.2. The van der Waals surface area contributed by atoms with Gasteiger partial charge in [0.05, 0.1) is 4.88 Å². The zero-order valence-electron chi connectivity index (χ0n) is 13.4. The molecule has 0 aliphatic heterocycles. The monoisotopic (exact) mass is 357 g/mol. The van der Waals surface area contributed by atoms with Crippen molar-refractivity contribution in [2.75, 3.05) is 6.54 Å². The third-order valence-corrected chi connectivity index (χ3v) is 4.22. The standard InChI is InChI=1S/C17H15N3O4S/c1-11-5-2-3-6-12(11)16-19-14(24-20-16)10-23-15(21)9-18-17(22)13-7-4-8-25-13/h2-8H,9-10H2,1H3,(H,18,22). The lowest BCUT2D eigenvalue weighted by molar-refractivity contribution is -0.144. The quantitative estimate of drug-likeness (QED) is 0.682. The van der Waals surface area contributed by atoms with E-state index in [2.05, 4.69) is 15.5 Å². The first kappa shape index (κ1) is 16.8. The molecule has 1 aromatic carbocycles. The molecule has 0 spiro atoms. The molecule has 1 amide bonds. The van der Waals surface area contributed by atoms with Gasteiger partial charge in [-0.1, -0.05) is 35.5 Å². The fourth-order valence-electron chi connectivity index (χ4n) is 2.09. The molecule has 1 N–H and O–H groups in total. The normalized spacial score (nSPS) is 10.4. The minimum Gasteiger partial charge on any atom is -0.454 e. The van der Waals surface area contributed by atoms with Crippen molar-refractivity contribution < 1.29 is 18.8 Å². The number of thiophene rings is 1. The number of benzene rings is 1. The molecule has 2 heterocycles. The van der Waals surface area contributed by atoms with E-state index in [-0.39, 0.29) is 24.9 Å². The van der Waals surface area contributed by atoms with Crippen LogP contribution in [0.2, 0.25) is 0 Å². The van der Waals surface area contributed by atoms with Crippen LogP contribution in [0.15, 0.2) is 46.3 Å². The number of aryl methyl sites for hydroxylation is 1. The molecule has 0 fully saturated rings. The SMILES string of the molecule is Cc1ccccc1-c1noc(COC(=O)CNC(=O)c2cccs2)n1. The van der Waals surface area contributed by atoms with Crippen LogP contribution < -0.4 is 5.32 Å². The van der Waals surface area contributed by atoms with Crippen LogP contribution in [0.1, 0.15) is 21.1 Å². The summed E-state index contributed by atoms with van der Waals surface area (Å²) >= 11 is 1.30. The maximum absolute atomic E-state index is 11.7. The largest absolute Gasteiger partial charge is 0.454 e. The molecule has 128 valence electrons. The third kappa shape index (κ3) is 4.30. The highest BCUT2D eigenvalue weighted by atomic mass is 32.1. The first-order chi connectivity index (χ1) is 12.1. The van der Waals surface area contributed by atoms with Crippen LogP contribution in [0.25, 0.3) is 11.4 Å². The summed E-state index contributed by atoms with van der Waals surface area (Å²) in [6.45, 7) is 1.57. The number of amides is 1. The van der Waals surface area contributed by atoms with Gasteiger partial charge in [0.2, 0.25) is 5.82 Å². The third-order valence-electron chi connectivity index (χ3n) is 3.35. The molecule has 3 rings (SSSR count). The lowest BCUT2D eigenvalue weighted by Gasteiger charge is -2.03. The highest BCUT2D eigenvalue weighted by Gasteiger charge is 2.13. The average Bonchev–Trinajstić information content (AvgIpc) is 3.30. The van der Waals surface area contributed by atoms with E-state index in [4.69, 9.17) is 9.26 Å². The number of ether oxygens (including phenoxy) is 1. The molecule has 0 atom stereocenters. The smallest absolute Gasteiger partial charge is 0.325 e. The summed E-state index contributed by atoms with van der Waals surface area (Å²) in [7, 11) is 0. The molecule has 0 aliphatic rings. The van der Waals surface area contributed by atoms with Gasteiger partial charge in [-0.3, -0.25) is 9.59 Å². The molecule has 8 heteroatoms. The molecule has 25 heavy (non-hydrogen) atoms. The van der Waals surface area contributed by atoms with Crippen LogP contribution in [0, 0.1) is 6.92 Å². The molecule has 0 unspecified atom stereocenters. The van der Waals surface area contributed by atoms with E-state index in [1.807, 2.05) is 31.2 Å². The Balaban J connectivity index is 1.50. The number of carbonyl (C=O) groups excluding carboxylic acids is 2. The number of carbonyl (C=O) groups is 2. The van der Waals surface area contributed by atoms with E-state index < -0.39 is 5.97 Å². The van der Waals surface area contributed by atoms with Gasteiger partial charge in [-0.25, -0.2) is 0 Å². The fourth-order valence-corrected chi connectivity index (χ4v) is 2.73. The first-order valence-electron chi connectivity index (χ1n) is 7.49. The van der Waals surface area contributed by atoms with Crippen molar-refractivity contribution >= 4 is 23.2 Å². The molecule has 0 saturated carbocycles. The Hall–Kier alpha value is -3.00. The van der Waals surface area contributed by atoms with Crippen LogP contribution in [-0.2, 0) is 16.1 Å². The van der Waals surface area contributed by atoms with Crippen molar-refractivity contribution in [3.63, 3.8) is 0 Å².